The summed E-state index contributed by atoms with van der Waals surface area (Å²) in [6, 6.07) is 15.1. The van der Waals surface area contributed by atoms with Crippen LogP contribution in [0.5, 0.6) is 0 Å². The minimum Gasteiger partial charge on any atom is -0.347 e. The molecule has 0 radical (unpaired) electrons. The Kier molecular flexibility index (Phi) is 4.99. The molecule has 2 aromatic carbocycles. The fraction of sp³-hybridized carbons (Fsp3) is 0.111. The largest absolute Gasteiger partial charge is 0.449 e. The Bertz CT molecular complexity index is 923. The average molecular weight is 380 g/mol. The van der Waals surface area contributed by atoms with Gasteiger partial charge in [-0.2, -0.15) is 13.2 Å². The van der Waals surface area contributed by atoms with Crippen LogP contribution in [0.2, 0.25) is 5.02 Å². The third-order valence-corrected chi connectivity index (χ3v) is 4.01. The van der Waals surface area contributed by atoms with E-state index >= 15 is 0 Å². The van der Waals surface area contributed by atoms with Gasteiger partial charge in [0.25, 0.3) is 5.91 Å². The highest BCUT2D eigenvalue weighted by molar-refractivity contribution is 6.31. The second-order valence-electron chi connectivity index (χ2n) is 5.45. The number of hydrogen-bond acceptors (Lipinski definition) is 2. The fourth-order valence-corrected chi connectivity index (χ4v) is 2.58. The van der Waals surface area contributed by atoms with Gasteiger partial charge in [-0.25, -0.2) is 4.98 Å². The van der Waals surface area contributed by atoms with Crippen molar-refractivity contribution in [2.24, 2.45) is 0 Å². The first-order chi connectivity index (χ1) is 12.4. The molecular weight excluding hydrogens is 367 g/mol. The Balaban J connectivity index is 1.91. The SMILES string of the molecule is O=C(NCc1ccccc1Cl)c1[nH]c(C(F)(F)F)nc1-c1ccccc1. The first-order valence-electron chi connectivity index (χ1n) is 7.60. The van der Waals surface area contributed by atoms with Crippen molar-refractivity contribution in [1.82, 2.24) is 15.3 Å². The number of hydrogen-bond donors (Lipinski definition) is 2. The summed E-state index contributed by atoms with van der Waals surface area (Å²) in [7, 11) is 0. The molecule has 0 aliphatic rings. The van der Waals surface area contributed by atoms with E-state index in [1.165, 1.54) is 0 Å². The molecule has 0 saturated carbocycles. The third kappa shape index (κ3) is 3.88. The number of aromatic amines is 1. The van der Waals surface area contributed by atoms with Crippen LogP contribution < -0.4 is 5.32 Å². The second-order valence-corrected chi connectivity index (χ2v) is 5.85. The minimum atomic E-state index is -4.69. The molecule has 2 N–H and O–H groups in total. The molecule has 0 aliphatic carbocycles. The van der Waals surface area contributed by atoms with E-state index in [0.29, 0.717) is 16.1 Å². The van der Waals surface area contributed by atoms with Crippen molar-refractivity contribution in [2.75, 3.05) is 0 Å². The highest BCUT2D eigenvalue weighted by atomic mass is 35.5. The number of rotatable bonds is 4. The van der Waals surface area contributed by atoms with Crippen molar-refractivity contribution in [3.05, 3.63) is 76.7 Å². The lowest BCUT2D eigenvalue weighted by Gasteiger charge is -2.07. The Morgan fingerprint density at radius 1 is 1.08 bits per heavy atom. The fourth-order valence-electron chi connectivity index (χ4n) is 2.38. The summed E-state index contributed by atoms with van der Waals surface area (Å²) < 4.78 is 39.1. The molecule has 0 aliphatic heterocycles. The number of amides is 1. The Labute approximate surface area is 152 Å². The van der Waals surface area contributed by atoms with E-state index < -0.39 is 17.9 Å². The van der Waals surface area contributed by atoms with Gasteiger partial charge in [0.15, 0.2) is 0 Å². The van der Waals surface area contributed by atoms with Crippen molar-refractivity contribution in [3.8, 4) is 11.3 Å². The van der Waals surface area contributed by atoms with Gasteiger partial charge in [-0.05, 0) is 11.6 Å². The molecule has 8 heteroatoms. The van der Waals surface area contributed by atoms with Crippen molar-refractivity contribution in [1.29, 1.82) is 0 Å². The van der Waals surface area contributed by atoms with Gasteiger partial charge in [0, 0.05) is 17.1 Å². The van der Waals surface area contributed by atoms with Crippen LogP contribution in [0.3, 0.4) is 0 Å². The van der Waals surface area contributed by atoms with E-state index in [1.807, 2.05) is 0 Å². The smallest absolute Gasteiger partial charge is 0.347 e. The van der Waals surface area contributed by atoms with Crippen molar-refractivity contribution in [3.63, 3.8) is 0 Å². The molecule has 1 heterocycles. The molecule has 0 saturated heterocycles. The molecule has 1 amide bonds. The van der Waals surface area contributed by atoms with Crippen molar-refractivity contribution >= 4 is 17.5 Å². The van der Waals surface area contributed by atoms with Gasteiger partial charge in [0.1, 0.15) is 11.4 Å². The predicted octanol–water partition coefficient (Wildman–Crippen LogP) is 4.68. The maximum atomic E-state index is 13.0. The Morgan fingerprint density at radius 3 is 2.38 bits per heavy atom. The molecular formula is C18H13ClF3N3O. The van der Waals surface area contributed by atoms with Gasteiger partial charge in [-0.1, -0.05) is 60.1 Å². The highest BCUT2D eigenvalue weighted by Gasteiger charge is 2.37. The maximum Gasteiger partial charge on any atom is 0.449 e. The minimum absolute atomic E-state index is 0.0606. The van der Waals surface area contributed by atoms with Crippen LogP contribution in [-0.4, -0.2) is 15.9 Å². The number of aromatic nitrogens is 2. The molecule has 3 rings (SSSR count). The second kappa shape index (κ2) is 7.21. The van der Waals surface area contributed by atoms with Crippen LogP contribution in [-0.2, 0) is 12.7 Å². The molecule has 26 heavy (non-hydrogen) atoms. The summed E-state index contributed by atoms with van der Waals surface area (Å²) in [4.78, 5) is 18.1. The molecule has 0 fully saturated rings. The van der Waals surface area contributed by atoms with E-state index in [2.05, 4.69) is 15.3 Å². The number of benzene rings is 2. The number of nitrogens with one attached hydrogen (secondary N) is 2. The number of nitrogens with zero attached hydrogens (tertiary/aromatic N) is 1. The van der Waals surface area contributed by atoms with Gasteiger partial charge >= 0.3 is 6.18 Å². The van der Waals surface area contributed by atoms with Crippen LogP contribution >= 0.6 is 11.6 Å². The lowest BCUT2D eigenvalue weighted by Crippen LogP contribution is -2.24. The first kappa shape index (κ1) is 18.0. The predicted molar refractivity (Wildman–Crippen MR) is 91.6 cm³/mol. The van der Waals surface area contributed by atoms with Gasteiger partial charge < -0.3 is 10.3 Å². The molecule has 3 aromatic rings. The molecule has 0 spiro atoms. The summed E-state index contributed by atoms with van der Waals surface area (Å²) in [6.07, 6.45) is -4.69. The highest BCUT2D eigenvalue weighted by Crippen LogP contribution is 2.31. The average Bonchev–Trinajstić information content (AvgIpc) is 3.07. The number of carbonyl (C=O) groups excluding carboxylic acids is 1. The summed E-state index contributed by atoms with van der Waals surface area (Å²) >= 11 is 6.02. The summed E-state index contributed by atoms with van der Waals surface area (Å²) in [5, 5.41) is 3.02. The van der Waals surface area contributed by atoms with E-state index in [4.69, 9.17) is 11.6 Å². The number of halogens is 4. The van der Waals surface area contributed by atoms with E-state index in [1.54, 1.807) is 54.6 Å². The van der Waals surface area contributed by atoms with Crippen molar-refractivity contribution < 1.29 is 18.0 Å². The standard InChI is InChI=1S/C18H13ClF3N3O/c19-13-9-5-4-8-12(13)10-23-16(26)15-14(11-6-2-1-3-7-11)24-17(25-15)18(20,21)22/h1-9H,10H2,(H,23,26)(H,24,25). The van der Waals surface area contributed by atoms with Crippen LogP contribution in [0, 0.1) is 0 Å². The molecule has 0 bridgehead atoms. The Hall–Kier alpha value is -2.80. The van der Waals surface area contributed by atoms with E-state index in [-0.39, 0.29) is 17.9 Å². The third-order valence-electron chi connectivity index (χ3n) is 3.64. The number of imidazole rings is 1. The summed E-state index contributed by atoms with van der Waals surface area (Å²) in [6.45, 7) is 0.0765. The number of H-pyrrole nitrogens is 1. The normalized spacial score (nSPS) is 11.4. The molecule has 0 unspecified atom stereocenters. The number of alkyl halides is 3. The van der Waals surface area contributed by atoms with Gasteiger partial charge in [0.05, 0.1) is 0 Å². The zero-order valence-electron chi connectivity index (χ0n) is 13.3. The van der Waals surface area contributed by atoms with Gasteiger partial charge in [-0.3, -0.25) is 4.79 Å². The first-order valence-corrected chi connectivity index (χ1v) is 7.98. The van der Waals surface area contributed by atoms with E-state index in [9.17, 15) is 18.0 Å². The van der Waals surface area contributed by atoms with Crippen LogP contribution in [0.4, 0.5) is 13.2 Å². The van der Waals surface area contributed by atoms with Gasteiger partial charge in [-0.15, -0.1) is 0 Å². The topological polar surface area (TPSA) is 57.8 Å². The monoisotopic (exact) mass is 379 g/mol. The molecule has 1 aromatic heterocycles. The molecule has 134 valence electrons. The Morgan fingerprint density at radius 2 is 1.73 bits per heavy atom. The zero-order valence-corrected chi connectivity index (χ0v) is 14.0. The summed E-state index contributed by atoms with van der Waals surface area (Å²) in [5.74, 6) is -1.92. The van der Waals surface area contributed by atoms with Gasteiger partial charge in [0.2, 0.25) is 5.82 Å². The van der Waals surface area contributed by atoms with Crippen LogP contribution in [0.1, 0.15) is 21.9 Å². The summed E-state index contributed by atoms with van der Waals surface area (Å²) in [5.41, 5.74) is 0.742. The maximum absolute atomic E-state index is 13.0. The zero-order chi connectivity index (χ0) is 18.7. The van der Waals surface area contributed by atoms with Crippen molar-refractivity contribution in [2.45, 2.75) is 12.7 Å². The van der Waals surface area contributed by atoms with Crippen LogP contribution in [0.25, 0.3) is 11.3 Å². The quantitative estimate of drug-likeness (QED) is 0.691. The van der Waals surface area contributed by atoms with E-state index in [0.717, 1.165) is 0 Å². The van der Waals surface area contributed by atoms with Crippen LogP contribution in [0.15, 0.2) is 54.6 Å². The molecule has 4 nitrogen and oxygen atoms in total. The number of carbonyl (C=O) groups is 1. The molecule has 0 atom stereocenters. The lowest BCUT2D eigenvalue weighted by atomic mass is 10.1. The lowest BCUT2D eigenvalue weighted by molar-refractivity contribution is -0.144.